The summed E-state index contributed by atoms with van der Waals surface area (Å²) < 4.78 is 31.7. The SMILES string of the molecule is CC[C@H](C(=O)NCCN1CCOCC1)N(c1cc(C)ccc1C)S(C)(=O)=O. The van der Waals surface area contributed by atoms with E-state index in [1.54, 1.807) is 0 Å². The average molecular weight is 398 g/mol. The molecule has 7 nitrogen and oxygen atoms in total. The lowest BCUT2D eigenvalue weighted by Crippen LogP contribution is -2.51. The monoisotopic (exact) mass is 397 g/mol. The molecule has 2 rings (SSSR count). The van der Waals surface area contributed by atoms with Crippen molar-refractivity contribution in [2.45, 2.75) is 33.2 Å². The van der Waals surface area contributed by atoms with Crippen LogP contribution in [-0.4, -0.2) is 70.9 Å². The van der Waals surface area contributed by atoms with Crippen molar-refractivity contribution in [2.24, 2.45) is 0 Å². The van der Waals surface area contributed by atoms with Gasteiger partial charge in [0.2, 0.25) is 15.9 Å². The molecule has 1 saturated heterocycles. The molecule has 152 valence electrons. The summed E-state index contributed by atoms with van der Waals surface area (Å²) in [7, 11) is -3.61. The van der Waals surface area contributed by atoms with E-state index in [1.807, 2.05) is 39.0 Å². The van der Waals surface area contributed by atoms with Crippen LogP contribution in [0.25, 0.3) is 0 Å². The van der Waals surface area contributed by atoms with Gasteiger partial charge >= 0.3 is 0 Å². The van der Waals surface area contributed by atoms with Gasteiger partial charge in [-0.05, 0) is 37.5 Å². The fraction of sp³-hybridized carbons (Fsp3) is 0.632. The first-order valence-electron chi connectivity index (χ1n) is 9.38. The summed E-state index contributed by atoms with van der Waals surface area (Å²) in [5.74, 6) is -0.267. The fourth-order valence-corrected chi connectivity index (χ4v) is 4.53. The standard InChI is InChI=1S/C19H31N3O4S/c1-5-17(19(23)20-8-9-21-10-12-26-13-11-21)22(27(4,24)25)18-14-15(2)6-7-16(18)3/h6-7,14,17H,5,8-13H2,1-4H3,(H,20,23)/t17-/m1/s1. The topological polar surface area (TPSA) is 79.0 Å². The van der Waals surface area contributed by atoms with Crippen molar-refractivity contribution in [1.29, 1.82) is 0 Å². The molecule has 1 atom stereocenters. The highest BCUT2D eigenvalue weighted by molar-refractivity contribution is 7.92. The minimum Gasteiger partial charge on any atom is -0.379 e. The zero-order valence-corrected chi connectivity index (χ0v) is 17.5. The molecule has 0 unspecified atom stereocenters. The van der Waals surface area contributed by atoms with Crippen LogP contribution in [0, 0.1) is 13.8 Å². The molecule has 1 aromatic carbocycles. The molecule has 1 fully saturated rings. The van der Waals surface area contributed by atoms with Gasteiger partial charge in [-0.1, -0.05) is 19.1 Å². The minimum absolute atomic E-state index is 0.267. The molecule has 0 aromatic heterocycles. The predicted molar refractivity (Wildman–Crippen MR) is 108 cm³/mol. The average Bonchev–Trinajstić information content (AvgIpc) is 2.61. The van der Waals surface area contributed by atoms with Crippen LogP contribution in [-0.2, 0) is 19.6 Å². The molecule has 1 aliphatic rings. The maximum Gasteiger partial charge on any atom is 0.243 e. The van der Waals surface area contributed by atoms with E-state index in [0.717, 1.165) is 37.0 Å². The Morgan fingerprint density at radius 3 is 2.56 bits per heavy atom. The molecule has 1 aromatic rings. The van der Waals surface area contributed by atoms with E-state index in [1.165, 1.54) is 4.31 Å². The Labute approximate surface area is 162 Å². The van der Waals surface area contributed by atoms with Gasteiger partial charge in [-0.15, -0.1) is 0 Å². The van der Waals surface area contributed by atoms with Crippen LogP contribution >= 0.6 is 0 Å². The molecule has 27 heavy (non-hydrogen) atoms. The largest absolute Gasteiger partial charge is 0.379 e. The zero-order chi connectivity index (χ0) is 20.0. The van der Waals surface area contributed by atoms with Crippen molar-refractivity contribution in [3.05, 3.63) is 29.3 Å². The molecular weight excluding hydrogens is 366 g/mol. The van der Waals surface area contributed by atoms with Gasteiger partial charge in [0.05, 0.1) is 25.2 Å². The lowest BCUT2D eigenvalue weighted by atomic mass is 10.1. The number of anilines is 1. The first kappa shape index (κ1) is 21.7. The molecule has 1 aliphatic heterocycles. The number of rotatable bonds is 8. The number of aryl methyl sites for hydroxylation is 2. The van der Waals surface area contributed by atoms with E-state index < -0.39 is 16.1 Å². The summed E-state index contributed by atoms with van der Waals surface area (Å²) in [6, 6.07) is 4.86. The van der Waals surface area contributed by atoms with Crippen LogP contribution in [0.4, 0.5) is 5.69 Å². The van der Waals surface area contributed by atoms with Gasteiger partial charge in [-0.2, -0.15) is 0 Å². The number of carbonyl (C=O) groups is 1. The van der Waals surface area contributed by atoms with Gasteiger partial charge in [-0.3, -0.25) is 14.0 Å². The van der Waals surface area contributed by atoms with Crippen molar-refractivity contribution in [3.8, 4) is 0 Å². The molecule has 1 amide bonds. The second-order valence-electron chi connectivity index (χ2n) is 7.02. The van der Waals surface area contributed by atoms with Crippen LogP contribution in [0.1, 0.15) is 24.5 Å². The van der Waals surface area contributed by atoms with Crippen molar-refractivity contribution in [1.82, 2.24) is 10.2 Å². The van der Waals surface area contributed by atoms with Gasteiger partial charge in [0.15, 0.2) is 0 Å². The second-order valence-corrected chi connectivity index (χ2v) is 8.88. The van der Waals surface area contributed by atoms with Crippen molar-refractivity contribution < 1.29 is 17.9 Å². The number of hydrogen-bond donors (Lipinski definition) is 1. The number of benzene rings is 1. The van der Waals surface area contributed by atoms with E-state index in [0.29, 0.717) is 31.9 Å². The third kappa shape index (κ3) is 5.92. The lowest BCUT2D eigenvalue weighted by molar-refractivity contribution is -0.122. The number of carbonyl (C=O) groups excluding carboxylic acids is 1. The number of ether oxygens (including phenoxy) is 1. The smallest absolute Gasteiger partial charge is 0.243 e. The van der Waals surface area contributed by atoms with Gasteiger partial charge in [0.1, 0.15) is 6.04 Å². The Bertz CT molecular complexity index is 745. The second kappa shape index (κ2) is 9.52. The van der Waals surface area contributed by atoms with Crippen molar-refractivity contribution in [3.63, 3.8) is 0 Å². The third-order valence-electron chi connectivity index (χ3n) is 4.76. The van der Waals surface area contributed by atoms with Crippen LogP contribution in [0.3, 0.4) is 0 Å². The van der Waals surface area contributed by atoms with E-state index in [9.17, 15) is 13.2 Å². The number of nitrogens with zero attached hydrogens (tertiary/aromatic N) is 2. The molecular formula is C19H31N3O4S. The number of nitrogens with one attached hydrogen (secondary N) is 1. The Hall–Kier alpha value is -1.64. The number of sulfonamides is 1. The highest BCUT2D eigenvalue weighted by Crippen LogP contribution is 2.27. The summed E-state index contributed by atoms with van der Waals surface area (Å²) in [6.07, 6.45) is 1.54. The minimum atomic E-state index is -3.61. The number of morpholine rings is 1. The Morgan fingerprint density at radius 1 is 1.30 bits per heavy atom. The Morgan fingerprint density at radius 2 is 1.96 bits per heavy atom. The Balaban J connectivity index is 2.14. The molecule has 0 saturated carbocycles. The Kier molecular flexibility index (Phi) is 7.64. The summed E-state index contributed by atoms with van der Waals surface area (Å²) in [5.41, 5.74) is 2.34. The summed E-state index contributed by atoms with van der Waals surface area (Å²) >= 11 is 0. The van der Waals surface area contributed by atoms with Crippen LogP contribution in [0.15, 0.2) is 18.2 Å². The summed E-state index contributed by atoms with van der Waals surface area (Å²) in [4.78, 5) is 15.0. The highest BCUT2D eigenvalue weighted by Gasteiger charge is 2.32. The molecule has 0 bridgehead atoms. The summed E-state index contributed by atoms with van der Waals surface area (Å²) in [5, 5.41) is 2.91. The molecule has 0 radical (unpaired) electrons. The number of hydrogen-bond acceptors (Lipinski definition) is 5. The van der Waals surface area contributed by atoms with E-state index >= 15 is 0 Å². The molecule has 0 spiro atoms. The normalized spacial score (nSPS) is 16.7. The maximum atomic E-state index is 12.8. The lowest BCUT2D eigenvalue weighted by Gasteiger charge is -2.32. The molecule has 1 N–H and O–H groups in total. The van der Waals surface area contributed by atoms with Crippen LogP contribution < -0.4 is 9.62 Å². The number of amides is 1. The van der Waals surface area contributed by atoms with Crippen molar-refractivity contribution >= 4 is 21.6 Å². The molecule has 1 heterocycles. The van der Waals surface area contributed by atoms with Crippen LogP contribution in [0.5, 0.6) is 0 Å². The van der Waals surface area contributed by atoms with Gasteiger partial charge in [-0.25, -0.2) is 8.42 Å². The van der Waals surface area contributed by atoms with Gasteiger partial charge in [0.25, 0.3) is 0 Å². The molecule has 8 heteroatoms. The van der Waals surface area contributed by atoms with Crippen LogP contribution in [0.2, 0.25) is 0 Å². The van der Waals surface area contributed by atoms with E-state index in [-0.39, 0.29) is 5.91 Å². The summed E-state index contributed by atoms with van der Waals surface area (Å²) in [6.45, 7) is 9.93. The van der Waals surface area contributed by atoms with Gasteiger partial charge < -0.3 is 10.1 Å². The van der Waals surface area contributed by atoms with E-state index in [2.05, 4.69) is 10.2 Å². The fourth-order valence-electron chi connectivity index (χ4n) is 3.27. The van der Waals surface area contributed by atoms with E-state index in [4.69, 9.17) is 4.74 Å². The quantitative estimate of drug-likeness (QED) is 0.715. The van der Waals surface area contributed by atoms with Gasteiger partial charge in [0, 0.05) is 26.2 Å². The van der Waals surface area contributed by atoms with Crippen molar-refractivity contribution in [2.75, 3.05) is 50.0 Å². The first-order valence-corrected chi connectivity index (χ1v) is 11.2. The third-order valence-corrected chi connectivity index (χ3v) is 5.93. The predicted octanol–water partition coefficient (Wildman–Crippen LogP) is 1.30. The maximum absolute atomic E-state index is 12.8. The molecule has 0 aliphatic carbocycles. The zero-order valence-electron chi connectivity index (χ0n) is 16.7. The highest BCUT2D eigenvalue weighted by atomic mass is 32.2. The first-order chi connectivity index (χ1) is 12.7.